The second-order valence-corrected chi connectivity index (χ2v) is 4.92. The Hall–Kier alpha value is -1.81. The molecule has 4 nitrogen and oxygen atoms in total. The molecule has 0 saturated heterocycles. The highest BCUT2D eigenvalue weighted by molar-refractivity contribution is 6.30. The quantitative estimate of drug-likeness (QED) is 0.858. The number of nitrogens with zero attached hydrogens (tertiary/aromatic N) is 2. The molecule has 2 heterocycles. The molecule has 1 unspecified atom stereocenters. The molecule has 92 valence electrons. The van der Waals surface area contributed by atoms with Gasteiger partial charge >= 0.3 is 0 Å². The van der Waals surface area contributed by atoms with Crippen molar-refractivity contribution in [2.45, 2.75) is 13.0 Å². The van der Waals surface area contributed by atoms with Crippen LogP contribution in [0.2, 0.25) is 5.02 Å². The van der Waals surface area contributed by atoms with Crippen molar-refractivity contribution >= 4 is 17.5 Å². The standard InChI is InChI=1S/C13H12ClN3O/c1-7-10-11(16-15-7)13(18)17(2)12(10)8-3-5-9(14)6-4-8/h3-6,12H,1-2H3,(H,15,16). The van der Waals surface area contributed by atoms with Gasteiger partial charge in [0.25, 0.3) is 5.91 Å². The van der Waals surface area contributed by atoms with E-state index in [1.165, 1.54) is 0 Å². The zero-order valence-electron chi connectivity index (χ0n) is 10.1. The molecule has 1 aliphatic heterocycles. The minimum Gasteiger partial charge on any atom is -0.329 e. The number of hydrogen-bond acceptors (Lipinski definition) is 2. The number of amides is 1. The maximum atomic E-state index is 12.1. The lowest BCUT2D eigenvalue weighted by Gasteiger charge is -2.21. The Balaban J connectivity index is 2.14. The zero-order chi connectivity index (χ0) is 12.9. The summed E-state index contributed by atoms with van der Waals surface area (Å²) >= 11 is 5.89. The van der Waals surface area contributed by atoms with E-state index >= 15 is 0 Å². The molecule has 1 aromatic heterocycles. The van der Waals surface area contributed by atoms with Crippen LogP contribution in [-0.2, 0) is 0 Å². The highest BCUT2D eigenvalue weighted by atomic mass is 35.5. The summed E-state index contributed by atoms with van der Waals surface area (Å²) in [4.78, 5) is 13.8. The van der Waals surface area contributed by atoms with Crippen molar-refractivity contribution < 1.29 is 4.79 Å². The number of benzene rings is 1. The van der Waals surface area contributed by atoms with Gasteiger partial charge in [-0.15, -0.1) is 0 Å². The summed E-state index contributed by atoms with van der Waals surface area (Å²) in [5, 5.41) is 7.65. The number of halogens is 1. The van der Waals surface area contributed by atoms with Crippen LogP contribution < -0.4 is 0 Å². The number of aryl methyl sites for hydroxylation is 1. The van der Waals surface area contributed by atoms with Crippen molar-refractivity contribution in [2.75, 3.05) is 7.05 Å². The van der Waals surface area contributed by atoms with Crippen molar-refractivity contribution in [2.24, 2.45) is 0 Å². The smallest absolute Gasteiger partial charge is 0.275 e. The molecular formula is C13H12ClN3O. The van der Waals surface area contributed by atoms with E-state index in [1.807, 2.05) is 31.2 Å². The molecule has 18 heavy (non-hydrogen) atoms. The van der Waals surface area contributed by atoms with E-state index in [0.717, 1.165) is 16.8 Å². The molecule has 1 N–H and O–H groups in total. The van der Waals surface area contributed by atoms with Gasteiger partial charge < -0.3 is 4.90 Å². The van der Waals surface area contributed by atoms with E-state index < -0.39 is 0 Å². The number of nitrogens with one attached hydrogen (secondary N) is 1. The minimum atomic E-state index is -0.0801. The van der Waals surface area contributed by atoms with E-state index in [-0.39, 0.29) is 11.9 Å². The zero-order valence-corrected chi connectivity index (χ0v) is 10.8. The first-order chi connectivity index (χ1) is 8.59. The van der Waals surface area contributed by atoms with E-state index in [4.69, 9.17) is 11.6 Å². The summed E-state index contributed by atoms with van der Waals surface area (Å²) in [6.07, 6.45) is 0. The predicted molar refractivity (Wildman–Crippen MR) is 68.7 cm³/mol. The van der Waals surface area contributed by atoms with Gasteiger partial charge in [0.05, 0.1) is 6.04 Å². The fourth-order valence-corrected chi connectivity index (χ4v) is 2.57. The lowest BCUT2D eigenvalue weighted by atomic mass is 10.00. The van der Waals surface area contributed by atoms with Crippen LogP contribution in [0.5, 0.6) is 0 Å². The average Bonchev–Trinajstić information content (AvgIpc) is 2.84. The monoisotopic (exact) mass is 261 g/mol. The number of aromatic nitrogens is 2. The minimum absolute atomic E-state index is 0.0469. The molecule has 1 atom stereocenters. The fraction of sp³-hybridized carbons (Fsp3) is 0.231. The first-order valence-electron chi connectivity index (χ1n) is 5.67. The number of aromatic amines is 1. The Morgan fingerprint density at radius 3 is 2.67 bits per heavy atom. The van der Waals surface area contributed by atoms with Crippen LogP contribution in [0.1, 0.15) is 33.4 Å². The molecule has 0 bridgehead atoms. The molecular weight excluding hydrogens is 250 g/mol. The van der Waals surface area contributed by atoms with E-state index in [9.17, 15) is 4.79 Å². The number of rotatable bonds is 1. The summed E-state index contributed by atoms with van der Waals surface area (Å²) < 4.78 is 0. The highest BCUT2D eigenvalue weighted by Gasteiger charge is 2.39. The summed E-state index contributed by atoms with van der Waals surface area (Å²) in [7, 11) is 1.79. The molecule has 1 aromatic carbocycles. The largest absolute Gasteiger partial charge is 0.329 e. The second kappa shape index (κ2) is 3.85. The molecule has 0 aliphatic carbocycles. The SMILES string of the molecule is Cc1[nH]nc2c1C(c1ccc(Cl)cc1)N(C)C2=O. The van der Waals surface area contributed by atoms with Gasteiger partial charge in [-0.25, -0.2) is 0 Å². The van der Waals surface area contributed by atoms with Crippen LogP contribution in [0.25, 0.3) is 0 Å². The molecule has 0 radical (unpaired) electrons. The second-order valence-electron chi connectivity index (χ2n) is 4.48. The maximum absolute atomic E-state index is 12.1. The topological polar surface area (TPSA) is 49.0 Å². The fourth-order valence-electron chi connectivity index (χ4n) is 2.45. The molecule has 0 fully saturated rings. The van der Waals surface area contributed by atoms with Gasteiger partial charge in [0.1, 0.15) is 0 Å². The van der Waals surface area contributed by atoms with Gasteiger partial charge in [-0.2, -0.15) is 5.10 Å². The third-order valence-electron chi connectivity index (χ3n) is 3.36. The Morgan fingerprint density at radius 2 is 2.00 bits per heavy atom. The average molecular weight is 262 g/mol. The lowest BCUT2D eigenvalue weighted by Crippen LogP contribution is -2.24. The highest BCUT2D eigenvalue weighted by Crippen LogP contribution is 2.38. The molecule has 0 saturated carbocycles. The van der Waals surface area contributed by atoms with Crippen molar-refractivity contribution in [1.29, 1.82) is 0 Å². The van der Waals surface area contributed by atoms with Crippen LogP contribution >= 0.6 is 11.6 Å². The van der Waals surface area contributed by atoms with Gasteiger partial charge in [-0.1, -0.05) is 23.7 Å². The van der Waals surface area contributed by atoms with Crippen molar-refractivity contribution in [3.05, 3.63) is 51.8 Å². The van der Waals surface area contributed by atoms with Gasteiger partial charge in [0, 0.05) is 23.3 Å². The number of carbonyl (C=O) groups is 1. The lowest BCUT2D eigenvalue weighted by molar-refractivity contribution is 0.0787. The third-order valence-corrected chi connectivity index (χ3v) is 3.62. The third kappa shape index (κ3) is 1.46. The van der Waals surface area contributed by atoms with Crippen LogP contribution in [0.3, 0.4) is 0 Å². The summed E-state index contributed by atoms with van der Waals surface area (Å²) in [6.45, 7) is 1.93. The van der Waals surface area contributed by atoms with Gasteiger partial charge in [-0.05, 0) is 24.6 Å². The number of fused-ring (bicyclic) bond motifs is 1. The van der Waals surface area contributed by atoms with Crippen LogP contribution in [0.4, 0.5) is 0 Å². The maximum Gasteiger partial charge on any atom is 0.275 e. The Morgan fingerprint density at radius 1 is 1.33 bits per heavy atom. The van der Waals surface area contributed by atoms with E-state index in [0.29, 0.717) is 10.7 Å². The van der Waals surface area contributed by atoms with Crippen molar-refractivity contribution in [3.8, 4) is 0 Å². The Kier molecular flexibility index (Phi) is 2.41. The number of H-pyrrole nitrogens is 1. The van der Waals surface area contributed by atoms with Crippen LogP contribution in [-0.4, -0.2) is 28.1 Å². The summed E-state index contributed by atoms with van der Waals surface area (Å²) in [6, 6.07) is 7.48. The molecule has 2 aromatic rings. The van der Waals surface area contributed by atoms with Gasteiger partial charge in [-0.3, -0.25) is 9.89 Å². The number of hydrogen-bond donors (Lipinski definition) is 1. The molecule has 5 heteroatoms. The molecule has 1 amide bonds. The molecule has 3 rings (SSSR count). The molecule has 0 spiro atoms. The Bertz CT molecular complexity index is 618. The van der Waals surface area contributed by atoms with Crippen LogP contribution in [0, 0.1) is 6.92 Å². The van der Waals surface area contributed by atoms with Crippen molar-refractivity contribution in [1.82, 2.24) is 15.1 Å². The van der Waals surface area contributed by atoms with Crippen molar-refractivity contribution in [3.63, 3.8) is 0 Å². The number of carbonyl (C=O) groups excluding carboxylic acids is 1. The molecule has 1 aliphatic rings. The van der Waals surface area contributed by atoms with E-state index in [2.05, 4.69) is 10.2 Å². The first-order valence-corrected chi connectivity index (χ1v) is 6.05. The van der Waals surface area contributed by atoms with Gasteiger partial charge in [0.2, 0.25) is 0 Å². The van der Waals surface area contributed by atoms with E-state index in [1.54, 1.807) is 11.9 Å². The van der Waals surface area contributed by atoms with Crippen LogP contribution in [0.15, 0.2) is 24.3 Å². The van der Waals surface area contributed by atoms with Gasteiger partial charge in [0.15, 0.2) is 5.69 Å². The predicted octanol–water partition coefficient (Wildman–Crippen LogP) is 2.55. The Labute approximate surface area is 110 Å². The first kappa shape index (κ1) is 11.3. The summed E-state index contributed by atoms with van der Waals surface area (Å²) in [5.41, 5.74) is 3.46. The summed E-state index contributed by atoms with van der Waals surface area (Å²) in [5.74, 6) is -0.0469. The normalized spacial score (nSPS) is 18.3.